The predicted molar refractivity (Wildman–Crippen MR) is 114 cm³/mol. The lowest BCUT2D eigenvalue weighted by molar-refractivity contribution is -0.140. The van der Waals surface area contributed by atoms with Gasteiger partial charge in [0.15, 0.2) is 11.6 Å². The highest BCUT2D eigenvalue weighted by Gasteiger charge is 2.34. The smallest absolute Gasteiger partial charge is 0.311 e. The summed E-state index contributed by atoms with van der Waals surface area (Å²) >= 11 is 12.0. The summed E-state index contributed by atoms with van der Waals surface area (Å²) in [5.41, 5.74) is 0.843. The molecule has 1 heterocycles. The average Bonchev–Trinajstić information content (AvgIpc) is 2.98. The van der Waals surface area contributed by atoms with Crippen molar-refractivity contribution in [2.24, 2.45) is 5.92 Å². The Hall–Kier alpha value is -2.57. The number of aromatic hydroxyl groups is 1. The molecule has 30 heavy (non-hydrogen) atoms. The molecule has 158 valence electrons. The number of halogens is 3. The van der Waals surface area contributed by atoms with E-state index in [4.69, 9.17) is 23.2 Å². The third-order valence-corrected chi connectivity index (χ3v) is 6.23. The van der Waals surface area contributed by atoms with Crippen LogP contribution in [0, 0.1) is 18.7 Å². The zero-order valence-electron chi connectivity index (χ0n) is 16.5. The van der Waals surface area contributed by atoms with Gasteiger partial charge in [0.05, 0.1) is 21.5 Å². The van der Waals surface area contributed by atoms with Gasteiger partial charge in [0, 0.05) is 16.6 Å². The lowest BCUT2D eigenvalue weighted by Crippen LogP contribution is -2.21. The largest absolute Gasteiger partial charge is 0.505 e. The van der Waals surface area contributed by atoms with Gasteiger partial charge in [-0.05, 0) is 48.7 Å². The Morgan fingerprint density at radius 3 is 2.40 bits per heavy atom. The van der Waals surface area contributed by atoms with E-state index >= 15 is 4.39 Å². The van der Waals surface area contributed by atoms with Crippen molar-refractivity contribution in [2.45, 2.75) is 33.1 Å². The zero-order chi connectivity index (χ0) is 22.3. The molecule has 0 aliphatic heterocycles. The number of hydrogen-bond donors (Lipinski definition) is 2. The Morgan fingerprint density at radius 2 is 1.83 bits per heavy atom. The van der Waals surface area contributed by atoms with Gasteiger partial charge in [0.1, 0.15) is 0 Å². The van der Waals surface area contributed by atoms with Crippen molar-refractivity contribution in [3.05, 3.63) is 63.0 Å². The number of rotatable bonds is 5. The molecule has 0 radical (unpaired) electrons. The molecular formula is C22H20Cl2FNO4. The van der Waals surface area contributed by atoms with Crippen LogP contribution in [0.1, 0.15) is 47.8 Å². The first-order valence-electron chi connectivity index (χ1n) is 9.35. The van der Waals surface area contributed by atoms with Crippen molar-refractivity contribution in [1.82, 2.24) is 4.57 Å². The lowest BCUT2D eigenvalue weighted by Gasteiger charge is -2.20. The Kier molecular flexibility index (Phi) is 6.11. The fourth-order valence-electron chi connectivity index (χ4n) is 3.77. The van der Waals surface area contributed by atoms with Gasteiger partial charge >= 0.3 is 5.97 Å². The van der Waals surface area contributed by atoms with Crippen LogP contribution in [0.5, 0.6) is 5.75 Å². The Labute approximate surface area is 182 Å². The minimum atomic E-state index is -1.13. The van der Waals surface area contributed by atoms with Gasteiger partial charge in [-0.15, -0.1) is 0 Å². The highest BCUT2D eigenvalue weighted by atomic mass is 35.5. The molecule has 0 saturated heterocycles. The lowest BCUT2D eigenvalue weighted by atomic mass is 9.84. The maximum atomic E-state index is 15.0. The van der Waals surface area contributed by atoms with Crippen LogP contribution in [0.4, 0.5) is 4.39 Å². The summed E-state index contributed by atoms with van der Waals surface area (Å²) < 4.78 is 16.3. The molecule has 3 aromatic rings. The third-order valence-electron chi connectivity index (χ3n) is 5.49. The van der Waals surface area contributed by atoms with Gasteiger partial charge in [0.2, 0.25) is 0 Å². The van der Waals surface area contributed by atoms with E-state index in [0.29, 0.717) is 12.1 Å². The summed E-state index contributed by atoms with van der Waals surface area (Å²) in [6.07, 6.45) is 0.532. The van der Waals surface area contributed by atoms with Crippen LogP contribution in [-0.2, 0) is 4.79 Å². The van der Waals surface area contributed by atoms with E-state index < -0.39 is 29.4 Å². The quantitative estimate of drug-likeness (QED) is 0.498. The zero-order valence-corrected chi connectivity index (χ0v) is 18.1. The van der Waals surface area contributed by atoms with Crippen molar-refractivity contribution in [1.29, 1.82) is 0 Å². The number of phenols is 1. The maximum Gasteiger partial charge on any atom is 0.311 e. The molecule has 0 fully saturated rings. The van der Waals surface area contributed by atoms with Crippen LogP contribution in [0.3, 0.4) is 0 Å². The summed E-state index contributed by atoms with van der Waals surface area (Å²) in [6, 6.07) is 6.90. The number of benzene rings is 2. The number of carboxylic acid groups (broad SMARTS) is 1. The number of hydrogen-bond acceptors (Lipinski definition) is 3. The summed E-state index contributed by atoms with van der Waals surface area (Å²) in [5, 5.41) is 20.2. The Bertz CT molecular complexity index is 1170. The number of aromatic nitrogens is 1. The van der Waals surface area contributed by atoms with E-state index in [0.717, 1.165) is 6.07 Å². The molecule has 8 heteroatoms. The molecule has 0 spiro atoms. The van der Waals surface area contributed by atoms with Gasteiger partial charge in [-0.1, -0.05) is 43.5 Å². The van der Waals surface area contributed by atoms with Gasteiger partial charge in [0.25, 0.3) is 5.91 Å². The number of aliphatic carboxylic acids is 1. The first kappa shape index (κ1) is 22.1. The van der Waals surface area contributed by atoms with E-state index in [1.54, 1.807) is 13.8 Å². The number of phenolic OH excluding ortho intramolecular Hbond substituents is 1. The van der Waals surface area contributed by atoms with Crippen molar-refractivity contribution in [3.63, 3.8) is 0 Å². The van der Waals surface area contributed by atoms with Crippen molar-refractivity contribution >= 4 is 46.0 Å². The summed E-state index contributed by atoms with van der Waals surface area (Å²) in [4.78, 5) is 25.4. The molecular weight excluding hydrogens is 432 g/mol. The Morgan fingerprint density at radius 1 is 1.17 bits per heavy atom. The minimum Gasteiger partial charge on any atom is -0.505 e. The maximum absolute atomic E-state index is 15.0. The molecule has 2 unspecified atom stereocenters. The standard InChI is InChI=1S/C22H20Cl2FNO4/c1-4-10(2)17(22(29)30)18-11(3)26(15-7-8-16(27)20(25)19(15)18)21(28)12-5-6-13(23)14(24)9-12/h5-10,17,27H,4H2,1-3H3,(H,29,30). The average molecular weight is 452 g/mol. The van der Waals surface area contributed by atoms with Crippen molar-refractivity contribution in [3.8, 4) is 5.75 Å². The SMILES string of the molecule is CCC(C)C(C(=O)O)c1c(C)n(C(=O)c2ccc(Cl)c(Cl)c2)c2ccc(O)c(F)c12. The normalized spacial score (nSPS) is 13.4. The molecule has 5 nitrogen and oxygen atoms in total. The topological polar surface area (TPSA) is 79.5 Å². The van der Waals surface area contributed by atoms with Gasteiger partial charge < -0.3 is 10.2 Å². The highest BCUT2D eigenvalue weighted by Crippen LogP contribution is 2.40. The highest BCUT2D eigenvalue weighted by molar-refractivity contribution is 6.42. The molecule has 1 aromatic heterocycles. The molecule has 3 rings (SSSR count). The van der Waals surface area contributed by atoms with Gasteiger partial charge in [-0.3, -0.25) is 14.2 Å². The molecule has 0 amide bonds. The first-order valence-corrected chi connectivity index (χ1v) is 10.1. The second-order valence-electron chi connectivity index (χ2n) is 7.26. The third kappa shape index (κ3) is 3.55. The van der Waals surface area contributed by atoms with Crippen LogP contribution < -0.4 is 0 Å². The van der Waals surface area contributed by atoms with Crippen LogP contribution in [-0.4, -0.2) is 26.7 Å². The number of nitrogens with zero attached hydrogens (tertiary/aromatic N) is 1. The van der Waals surface area contributed by atoms with Gasteiger partial charge in [-0.25, -0.2) is 4.39 Å². The second-order valence-corrected chi connectivity index (χ2v) is 8.08. The van der Waals surface area contributed by atoms with Crippen LogP contribution in [0.2, 0.25) is 10.0 Å². The van der Waals surface area contributed by atoms with Crippen molar-refractivity contribution < 1.29 is 24.2 Å². The molecule has 0 aliphatic carbocycles. The van der Waals surface area contributed by atoms with E-state index in [9.17, 15) is 19.8 Å². The fourth-order valence-corrected chi connectivity index (χ4v) is 4.07. The molecule has 2 aromatic carbocycles. The van der Waals surface area contributed by atoms with Gasteiger partial charge in [-0.2, -0.15) is 0 Å². The predicted octanol–water partition coefficient (Wildman–Crippen LogP) is 6.00. The molecule has 0 bridgehead atoms. The summed E-state index contributed by atoms with van der Waals surface area (Å²) in [5.74, 6) is -4.60. The fraction of sp³-hybridized carbons (Fsp3) is 0.273. The molecule has 2 atom stereocenters. The number of carboxylic acids is 1. The van der Waals surface area contributed by atoms with Crippen molar-refractivity contribution in [2.75, 3.05) is 0 Å². The molecule has 0 saturated carbocycles. The van der Waals surface area contributed by atoms with Crippen LogP contribution >= 0.6 is 23.2 Å². The van der Waals surface area contributed by atoms with E-state index in [2.05, 4.69) is 0 Å². The number of fused-ring (bicyclic) bond motifs is 1. The Balaban J connectivity index is 2.38. The van der Waals surface area contributed by atoms with Crippen LogP contribution in [0.25, 0.3) is 10.9 Å². The van der Waals surface area contributed by atoms with E-state index in [1.165, 1.54) is 28.8 Å². The number of carbonyl (C=O) groups is 2. The van der Waals surface area contributed by atoms with E-state index in [1.807, 2.05) is 6.92 Å². The van der Waals surface area contributed by atoms with E-state index in [-0.39, 0.29) is 38.0 Å². The second kappa shape index (κ2) is 8.28. The summed E-state index contributed by atoms with van der Waals surface area (Å²) in [7, 11) is 0. The monoisotopic (exact) mass is 451 g/mol. The molecule has 2 N–H and O–H groups in total. The first-order chi connectivity index (χ1) is 14.1. The van der Waals surface area contributed by atoms with Crippen LogP contribution in [0.15, 0.2) is 30.3 Å². The molecule has 0 aliphatic rings. The minimum absolute atomic E-state index is 0.0754. The number of carbonyl (C=O) groups excluding carboxylic acids is 1. The summed E-state index contributed by atoms with van der Waals surface area (Å²) in [6.45, 7) is 5.16.